The van der Waals surface area contributed by atoms with Gasteiger partial charge in [0.1, 0.15) is 5.82 Å². The first-order chi connectivity index (χ1) is 10.3. The summed E-state index contributed by atoms with van der Waals surface area (Å²) in [6.45, 7) is 6.12. The third-order valence-corrected chi connectivity index (χ3v) is 3.92. The van der Waals surface area contributed by atoms with Gasteiger partial charge in [-0.05, 0) is 39.3 Å². The van der Waals surface area contributed by atoms with Crippen molar-refractivity contribution in [2.45, 2.75) is 19.8 Å². The second-order valence-electron chi connectivity index (χ2n) is 5.71. The first kappa shape index (κ1) is 14.1. The third kappa shape index (κ3) is 3.24. The molecule has 0 aromatic carbocycles. The molecular formula is C14H23N7. The molecule has 0 radical (unpaired) electrons. The van der Waals surface area contributed by atoms with Crippen molar-refractivity contribution < 1.29 is 0 Å². The second-order valence-corrected chi connectivity index (χ2v) is 5.71. The van der Waals surface area contributed by atoms with Gasteiger partial charge in [-0.15, -0.1) is 0 Å². The van der Waals surface area contributed by atoms with Crippen LogP contribution in [0.2, 0.25) is 0 Å². The van der Waals surface area contributed by atoms with Crippen molar-refractivity contribution in [2.24, 2.45) is 5.92 Å². The van der Waals surface area contributed by atoms with E-state index in [1.165, 1.54) is 19.4 Å². The lowest BCUT2D eigenvalue weighted by molar-refractivity contribution is 0.217. The molecule has 1 saturated heterocycles. The van der Waals surface area contributed by atoms with Crippen LogP contribution in [-0.4, -0.2) is 58.3 Å². The Balaban J connectivity index is 1.74. The molecule has 1 fully saturated rings. The van der Waals surface area contributed by atoms with Gasteiger partial charge in [-0.2, -0.15) is 15.1 Å². The zero-order valence-corrected chi connectivity index (χ0v) is 12.7. The summed E-state index contributed by atoms with van der Waals surface area (Å²) >= 11 is 0. The minimum atomic E-state index is 0.637. The Morgan fingerprint density at radius 2 is 2.29 bits per heavy atom. The number of H-pyrrole nitrogens is 1. The van der Waals surface area contributed by atoms with Gasteiger partial charge in [0, 0.05) is 19.6 Å². The van der Waals surface area contributed by atoms with Crippen molar-refractivity contribution in [3.8, 4) is 0 Å². The van der Waals surface area contributed by atoms with E-state index >= 15 is 0 Å². The van der Waals surface area contributed by atoms with Crippen LogP contribution in [0, 0.1) is 5.92 Å². The van der Waals surface area contributed by atoms with Crippen molar-refractivity contribution in [3.05, 3.63) is 6.20 Å². The van der Waals surface area contributed by atoms with Crippen LogP contribution in [0.5, 0.6) is 0 Å². The number of hydrogen-bond donors (Lipinski definition) is 3. The van der Waals surface area contributed by atoms with Crippen LogP contribution < -0.4 is 10.6 Å². The van der Waals surface area contributed by atoms with Crippen LogP contribution in [0.1, 0.15) is 19.8 Å². The third-order valence-electron chi connectivity index (χ3n) is 3.92. The molecule has 3 N–H and O–H groups in total. The van der Waals surface area contributed by atoms with E-state index in [2.05, 4.69) is 42.7 Å². The van der Waals surface area contributed by atoms with Crippen molar-refractivity contribution in [2.75, 3.05) is 43.9 Å². The summed E-state index contributed by atoms with van der Waals surface area (Å²) in [5.74, 6) is 2.17. The van der Waals surface area contributed by atoms with Gasteiger partial charge in [-0.1, -0.05) is 0 Å². The molecular weight excluding hydrogens is 266 g/mol. The predicted molar refractivity (Wildman–Crippen MR) is 84.6 cm³/mol. The Hall–Kier alpha value is -1.89. The topological polar surface area (TPSA) is 81.8 Å². The van der Waals surface area contributed by atoms with Crippen molar-refractivity contribution in [1.29, 1.82) is 0 Å². The van der Waals surface area contributed by atoms with Gasteiger partial charge in [0.2, 0.25) is 5.95 Å². The fraction of sp³-hybridized carbons (Fsp3) is 0.643. The van der Waals surface area contributed by atoms with Crippen LogP contribution in [-0.2, 0) is 0 Å². The van der Waals surface area contributed by atoms with E-state index in [0.717, 1.165) is 36.5 Å². The van der Waals surface area contributed by atoms with Gasteiger partial charge in [0.05, 0.1) is 11.6 Å². The van der Waals surface area contributed by atoms with Crippen molar-refractivity contribution in [1.82, 2.24) is 25.1 Å². The highest BCUT2D eigenvalue weighted by molar-refractivity contribution is 5.86. The van der Waals surface area contributed by atoms with Gasteiger partial charge >= 0.3 is 0 Å². The molecule has 3 heterocycles. The number of hydrogen-bond acceptors (Lipinski definition) is 6. The Morgan fingerprint density at radius 3 is 3.10 bits per heavy atom. The Bertz CT molecular complexity index is 594. The molecule has 0 spiro atoms. The molecule has 0 amide bonds. The molecule has 3 rings (SSSR count). The number of anilines is 2. The van der Waals surface area contributed by atoms with Crippen LogP contribution in [0.25, 0.3) is 11.0 Å². The molecule has 7 heteroatoms. The highest BCUT2D eigenvalue weighted by Crippen LogP contribution is 2.21. The smallest absolute Gasteiger partial charge is 0.226 e. The molecule has 7 nitrogen and oxygen atoms in total. The highest BCUT2D eigenvalue weighted by atomic mass is 15.2. The van der Waals surface area contributed by atoms with Crippen molar-refractivity contribution in [3.63, 3.8) is 0 Å². The lowest BCUT2D eigenvalue weighted by Crippen LogP contribution is -2.35. The number of nitrogens with one attached hydrogen (secondary N) is 3. The largest absolute Gasteiger partial charge is 0.369 e. The van der Waals surface area contributed by atoms with E-state index in [0.29, 0.717) is 11.9 Å². The quantitative estimate of drug-likeness (QED) is 0.774. The summed E-state index contributed by atoms with van der Waals surface area (Å²) in [6.07, 6.45) is 4.33. The molecule has 1 atom stereocenters. The molecule has 2 aromatic heterocycles. The normalized spacial score (nSPS) is 19.8. The zero-order chi connectivity index (χ0) is 14.7. The van der Waals surface area contributed by atoms with Crippen LogP contribution in [0.4, 0.5) is 11.8 Å². The van der Waals surface area contributed by atoms with Gasteiger partial charge in [0.15, 0.2) is 5.65 Å². The molecule has 1 aliphatic rings. The highest BCUT2D eigenvalue weighted by Gasteiger charge is 2.18. The van der Waals surface area contributed by atoms with E-state index in [1.54, 1.807) is 6.20 Å². The Kier molecular flexibility index (Phi) is 4.19. The Labute approximate surface area is 124 Å². The molecule has 0 saturated carbocycles. The number of aromatic nitrogens is 4. The minimum Gasteiger partial charge on any atom is -0.369 e. The first-order valence-electron chi connectivity index (χ1n) is 7.63. The fourth-order valence-corrected chi connectivity index (χ4v) is 2.89. The number of nitrogens with zero attached hydrogens (tertiary/aromatic N) is 4. The molecule has 114 valence electrons. The van der Waals surface area contributed by atoms with Gasteiger partial charge < -0.3 is 15.5 Å². The van der Waals surface area contributed by atoms with Gasteiger partial charge in [-0.25, -0.2) is 0 Å². The summed E-state index contributed by atoms with van der Waals surface area (Å²) in [6, 6.07) is 0. The van der Waals surface area contributed by atoms with Crippen LogP contribution in [0.3, 0.4) is 0 Å². The molecule has 0 aliphatic carbocycles. The van der Waals surface area contributed by atoms with Gasteiger partial charge in [-0.3, -0.25) is 5.10 Å². The summed E-state index contributed by atoms with van der Waals surface area (Å²) < 4.78 is 0. The molecule has 1 unspecified atom stereocenters. The van der Waals surface area contributed by atoms with E-state index < -0.39 is 0 Å². The molecule has 2 aromatic rings. The Morgan fingerprint density at radius 1 is 1.38 bits per heavy atom. The first-order valence-corrected chi connectivity index (χ1v) is 7.63. The van der Waals surface area contributed by atoms with E-state index in [4.69, 9.17) is 0 Å². The van der Waals surface area contributed by atoms with E-state index in [1.807, 2.05) is 6.92 Å². The minimum absolute atomic E-state index is 0.637. The maximum Gasteiger partial charge on any atom is 0.226 e. The SMILES string of the molecule is CCNc1nc(NCC2CCCN(C)C2)c2cn[nH]c2n1. The maximum absolute atomic E-state index is 4.56. The monoisotopic (exact) mass is 289 g/mol. The molecule has 0 bridgehead atoms. The van der Waals surface area contributed by atoms with E-state index in [-0.39, 0.29) is 0 Å². The molecule has 1 aliphatic heterocycles. The second kappa shape index (κ2) is 6.26. The lowest BCUT2D eigenvalue weighted by Gasteiger charge is -2.29. The number of aromatic amines is 1. The maximum atomic E-state index is 4.56. The number of likely N-dealkylation sites (tertiary alicyclic amines) is 1. The summed E-state index contributed by atoms with van der Waals surface area (Å²) in [4.78, 5) is 11.4. The number of piperidine rings is 1. The average molecular weight is 289 g/mol. The average Bonchev–Trinajstić information content (AvgIpc) is 2.93. The number of rotatable bonds is 5. The number of fused-ring (bicyclic) bond motifs is 1. The van der Waals surface area contributed by atoms with Crippen LogP contribution in [0.15, 0.2) is 6.20 Å². The van der Waals surface area contributed by atoms with Crippen LogP contribution >= 0.6 is 0 Å². The summed E-state index contributed by atoms with van der Waals surface area (Å²) in [5.41, 5.74) is 0.768. The zero-order valence-electron chi connectivity index (χ0n) is 12.7. The van der Waals surface area contributed by atoms with Gasteiger partial charge in [0.25, 0.3) is 0 Å². The molecule has 21 heavy (non-hydrogen) atoms. The fourth-order valence-electron chi connectivity index (χ4n) is 2.89. The summed E-state index contributed by atoms with van der Waals surface area (Å²) in [7, 11) is 2.19. The summed E-state index contributed by atoms with van der Waals surface area (Å²) in [5, 5.41) is 14.6. The van der Waals surface area contributed by atoms with E-state index in [9.17, 15) is 0 Å². The lowest BCUT2D eigenvalue weighted by atomic mass is 9.98. The van der Waals surface area contributed by atoms with Crippen molar-refractivity contribution >= 4 is 22.8 Å². The standard InChI is InChI=1S/C14H23N7/c1-3-15-14-18-12(11-8-17-20-13(11)19-14)16-7-10-5-4-6-21(2)9-10/h8,10H,3-7,9H2,1-2H3,(H3,15,16,17,18,19,20). The predicted octanol–water partition coefficient (Wildman–Crippen LogP) is 1.54.